The van der Waals surface area contributed by atoms with Crippen LogP contribution in [0.2, 0.25) is 0 Å². The van der Waals surface area contributed by atoms with Gasteiger partial charge in [0.1, 0.15) is 31.6 Å². The van der Waals surface area contributed by atoms with Crippen molar-refractivity contribution >= 4 is 55.5 Å². The number of benzene rings is 13. The zero-order valence-corrected chi connectivity index (χ0v) is 87.0. The second kappa shape index (κ2) is 43.7. The van der Waals surface area contributed by atoms with Crippen molar-refractivity contribution in [1.82, 2.24) is 98.7 Å². The molecule has 687 valence electrons. The maximum Gasteiger partial charge on any atom is 0.169 e. The SMILES string of the molecule is CC(C)c1cccc(C(C)C)c1-n1cnnc1-c1[c-]cc2ocnc2c1.Cc1cc(-c2ccccc2)cc(C)c1-n1cnnc1-c1[c-]cc2ocnc2c1.Cc1cc(C)c(-n2cnnc2-c2[c-]cc3ocnc3c2)c(C)c1.Cc1cccc(C)c1-n1cnnc1-c1[c-]cc2ocnc2c1.[Ir].[Ir].[Ir].[Ir].[Ir].[c-]1cc2ocnc2cc1-c1nncn1-c1c(-c2ccccc2)cccc1-c1ccccc1. The van der Waals surface area contributed by atoms with Gasteiger partial charge in [-0.2, -0.15) is 25.5 Å². The zero-order valence-electron chi connectivity index (χ0n) is 75.0. The summed E-state index contributed by atoms with van der Waals surface area (Å²) in [5, 5.41) is 42.5. The third-order valence-corrected chi connectivity index (χ3v) is 22.7. The van der Waals surface area contributed by atoms with E-state index in [1.807, 2.05) is 97.1 Å². The number of nitrogens with zero attached hydrogens (tertiary/aromatic N) is 20. The Morgan fingerprint density at radius 2 is 0.507 bits per heavy atom. The topological polar surface area (TPSA) is 284 Å². The van der Waals surface area contributed by atoms with Crippen LogP contribution in [-0.2, 0) is 101 Å². The van der Waals surface area contributed by atoms with Crippen molar-refractivity contribution in [3.05, 3.63) is 375 Å². The van der Waals surface area contributed by atoms with Crippen LogP contribution in [0.3, 0.4) is 0 Å². The third-order valence-electron chi connectivity index (χ3n) is 22.7. The Morgan fingerprint density at radius 1 is 0.250 bits per heavy atom. The second-order valence-electron chi connectivity index (χ2n) is 32.2. The van der Waals surface area contributed by atoms with Crippen LogP contribution in [0, 0.1) is 78.8 Å². The Balaban J connectivity index is 0.000000136. The predicted molar refractivity (Wildman–Crippen MR) is 504 cm³/mol. The number of fused-ring (bicyclic) bond motifs is 5. The van der Waals surface area contributed by atoms with Crippen LogP contribution in [-0.4, -0.2) is 98.7 Å². The van der Waals surface area contributed by atoms with E-state index in [9.17, 15) is 0 Å². The van der Waals surface area contributed by atoms with Crippen LogP contribution < -0.4 is 0 Å². The molecule has 23 aromatic rings. The van der Waals surface area contributed by atoms with Crippen LogP contribution in [0.4, 0.5) is 0 Å². The summed E-state index contributed by atoms with van der Waals surface area (Å²) in [6, 6.07) is 93.6. The van der Waals surface area contributed by atoms with Crippen molar-refractivity contribution in [3.8, 4) is 119 Å². The van der Waals surface area contributed by atoms with Crippen molar-refractivity contribution in [3.63, 3.8) is 0 Å². The van der Waals surface area contributed by atoms with Crippen molar-refractivity contribution in [2.45, 2.75) is 88.0 Å². The van der Waals surface area contributed by atoms with E-state index >= 15 is 0 Å². The second-order valence-corrected chi connectivity index (χ2v) is 32.2. The molecule has 0 saturated carbocycles. The van der Waals surface area contributed by atoms with Gasteiger partial charge in [-0.15, -0.1) is 144 Å². The van der Waals surface area contributed by atoms with Gasteiger partial charge in [0.05, 0.1) is 62.7 Å². The van der Waals surface area contributed by atoms with Gasteiger partial charge < -0.3 is 44.9 Å². The molecule has 0 aliphatic rings. The minimum Gasteiger partial charge on any atom is -0.490 e. The molecule has 0 aliphatic carbocycles. The first kappa shape index (κ1) is 98.2. The van der Waals surface area contributed by atoms with E-state index < -0.39 is 0 Å². The van der Waals surface area contributed by atoms with Gasteiger partial charge >= 0.3 is 0 Å². The molecule has 0 bridgehead atoms. The third kappa shape index (κ3) is 20.4. The summed E-state index contributed by atoms with van der Waals surface area (Å²) in [6.07, 6.45) is 15.9. The number of hydrogen-bond acceptors (Lipinski definition) is 20. The maximum atomic E-state index is 5.37. The number of aryl methyl sites for hydroxylation is 7. The summed E-state index contributed by atoms with van der Waals surface area (Å²) in [7, 11) is 0. The van der Waals surface area contributed by atoms with E-state index in [1.54, 1.807) is 62.0 Å². The number of oxazole rings is 5. The molecular formula is C106H83Ir5N20O5-5. The van der Waals surface area contributed by atoms with Gasteiger partial charge in [-0.3, -0.25) is 0 Å². The predicted octanol–water partition coefficient (Wildman–Crippen LogP) is 23.8. The van der Waals surface area contributed by atoms with E-state index in [4.69, 9.17) is 22.1 Å². The molecule has 23 rings (SSSR count). The molecule has 13 aromatic carbocycles. The Hall–Kier alpha value is -13.8. The molecule has 0 atom stereocenters. The van der Waals surface area contributed by atoms with Crippen LogP contribution in [0.25, 0.3) is 174 Å². The molecule has 10 heterocycles. The molecule has 0 fully saturated rings. The molecule has 5 radical (unpaired) electrons. The largest absolute Gasteiger partial charge is 0.490 e. The molecule has 0 N–H and O–H groups in total. The first-order chi connectivity index (χ1) is 64.0. The van der Waals surface area contributed by atoms with Gasteiger partial charge in [-0.1, -0.05) is 191 Å². The van der Waals surface area contributed by atoms with Gasteiger partial charge in [-0.05, 0) is 139 Å². The summed E-state index contributed by atoms with van der Waals surface area (Å²) < 4.78 is 36.6. The van der Waals surface area contributed by atoms with Crippen molar-refractivity contribution in [2.24, 2.45) is 0 Å². The Kier molecular flexibility index (Phi) is 31.5. The first-order valence-electron chi connectivity index (χ1n) is 42.5. The van der Waals surface area contributed by atoms with Gasteiger partial charge in [0.25, 0.3) is 0 Å². The number of para-hydroxylation sites is 3. The van der Waals surface area contributed by atoms with E-state index in [0.717, 1.165) is 141 Å². The van der Waals surface area contributed by atoms with Crippen LogP contribution in [0.1, 0.15) is 89.6 Å². The Morgan fingerprint density at radius 3 is 0.809 bits per heavy atom. The van der Waals surface area contributed by atoms with Crippen LogP contribution in [0.15, 0.2) is 316 Å². The van der Waals surface area contributed by atoms with E-state index in [2.05, 4.69) is 308 Å². The van der Waals surface area contributed by atoms with Crippen LogP contribution >= 0.6 is 0 Å². The smallest absolute Gasteiger partial charge is 0.169 e. The summed E-state index contributed by atoms with van der Waals surface area (Å²) in [4.78, 5) is 21.1. The van der Waals surface area contributed by atoms with Crippen molar-refractivity contribution < 1.29 is 123 Å². The van der Waals surface area contributed by atoms with E-state index in [1.165, 1.54) is 82.0 Å². The molecule has 10 aromatic heterocycles. The molecule has 0 unspecified atom stereocenters. The summed E-state index contributed by atoms with van der Waals surface area (Å²) in [5.41, 5.74) is 34.6. The molecule has 0 amide bonds. The molecule has 0 aliphatic heterocycles. The minimum atomic E-state index is 0. The Bertz CT molecular complexity index is 7880. The monoisotopic (exact) mass is 2680 g/mol. The molecule has 30 heteroatoms. The number of aromatic nitrogens is 20. The maximum absolute atomic E-state index is 5.37. The van der Waals surface area contributed by atoms with E-state index in [0.29, 0.717) is 45.6 Å². The summed E-state index contributed by atoms with van der Waals surface area (Å²) in [6.45, 7) is 23.5. The molecule has 136 heavy (non-hydrogen) atoms. The quantitative estimate of drug-likeness (QED) is 0.0862. The first-order valence-corrected chi connectivity index (χ1v) is 42.5. The number of rotatable bonds is 15. The summed E-state index contributed by atoms with van der Waals surface area (Å²) in [5.74, 6) is 4.43. The minimum absolute atomic E-state index is 0. The number of hydrogen-bond donors (Lipinski definition) is 0. The van der Waals surface area contributed by atoms with Crippen LogP contribution in [0.5, 0.6) is 0 Å². The van der Waals surface area contributed by atoms with Crippen molar-refractivity contribution in [2.75, 3.05) is 0 Å². The van der Waals surface area contributed by atoms with E-state index in [-0.39, 0.29) is 101 Å². The van der Waals surface area contributed by atoms with Gasteiger partial charge in [0, 0.05) is 162 Å². The average molecular weight is 2680 g/mol. The molecular weight excluding hydrogens is 2590 g/mol. The average Bonchev–Trinajstić information content (AvgIpc) is 1.41. The fraction of sp³-hybridized carbons (Fsp3) is 0.123. The van der Waals surface area contributed by atoms with Gasteiger partial charge in [-0.25, -0.2) is 24.9 Å². The summed E-state index contributed by atoms with van der Waals surface area (Å²) >= 11 is 0. The van der Waals surface area contributed by atoms with Crippen molar-refractivity contribution in [1.29, 1.82) is 0 Å². The van der Waals surface area contributed by atoms with Gasteiger partial charge in [0.2, 0.25) is 0 Å². The van der Waals surface area contributed by atoms with Gasteiger partial charge in [0.15, 0.2) is 32.0 Å². The normalized spacial score (nSPS) is 10.9. The zero-order chi connectivity index (χ0) is 89.8. The fourth-order valence-corrected chi connectivity index (χ4v) is 16.7. The molecule has 0 saturated heterocycles. The molecule has 25 nitrogen and oxygen atoms in total. The molecule has 0 spiro atoms. The Labute approximate surface area is 850 Å². The standard InChI is InChI=1S/C27H17N4O.C23H17N4O.C21H21N4O.C18H15N4O.C17H13N4O.5Ir/c1-3-8-19(9-4-1)22-12-7-13-23(20-10-5-2-6-11-20)26(22)31-17-29-30-27(31)21-14-15-25-24(16-21)28-18-32-25;1-15-10-19(17-6-4-3-5-7-17)11-16(2)22(15)27-13-25-26-23(27)18-8-9-21-20(12-18)24-14-28-21;1-13(2)16-6-5-7-17(14(3)4)20(16)25-11-23-24-21(25)15-8-9-19-18(10-15)22-12-26-19;1-11-6-12(2)17(13(3)7-11)22-9-20-21-18(22)14-4-5-16-15(8-14)19-10-23-16;1-11-4-3-5-12(2)16(11)21-9-19-20-17(21)13-6-7-15-14(8-13)18-10-22-15;;;;;/h1-13,15-18H;3-7,9-14H,1-2H3;5-7,9-14H,1-4H3;5-10H,1-3H3;3-5,7-10H,1-2H3;;;;;/q5*-1;;;;;. The fourth-order valence-electron chi connectivity index (χ4n) is 16.7.